The van der Waals surface area contributed by atoms with Gasteiger partial charge in [0, 0.05) is 23.9 Å². The van der Waals surface area contributed by atoms with Crippen molar-refractivity contribution < 1.29 is 14.7 Å². The van der Waals surface area contributed by atoms with Gasteiger partial charge in [0.25, 0.3) is 5.91 Å². The molecule has 2 unspecified atom stereocenters. The summed E-state index contributed by atoms with van der Waals surface area (Å²) in [6.45, 7) is 6.55. The fourth-order valence-electron chi connectivity index (χ4n) is 3.41. The first kappa shape index (κ1) is 17.4. The third kappa shape index (κ3) is 2.38. The van der Waals surface area contributed by atoms with Gasteiger partial charge in [-0.25, -0.2) is 4.79 Å². The molecule has 8 heteroatoms. The van der Waals surface area contributed by atoms with E-state index < -0.39 is 10.7 Å². The fourth-order valence-corrected chi connectivity index (χ4v) is 6.09. The van der Waals surface area contributed by atoms with Gasteiger partial charge in [-0.15, -0.1) is 23.5 Å². The molecule has 2 N–H and O–H groups in total. The summed E-state index contributed by atoms with van der Waals surface area (Å²) in [5.41, 5.74) is 1.60. The van der Waals surface area contributed by atoms with E-state index in [0.717, 1.165) is 0 Å². The van der Waals surface area contributed by atoms with E-state index in [4.69, 9.17) is 0 Å². The van der Waals surface area contributed by atoms with Crippen LogP contribution < -0.4 is 0 Å². The molecule has 3 heterocycles. The molecule has 1 aromatic heterocycles. The van der Waals surface area contributed by atoms with Crippen LogP contribution in [0.4, 0.5) is 0 Å². The number of carbonyl (C=O) groups is 2. The highest BCUT2D eigenvalue weighted by molar-refractivity contribution is 8.18. The Morgan fingerprint density at radius 1 is 1.54 bits per heavy atom. The lowest BCUT2D eigenvalue weighted by molar-refractivity contribution is -0.139. The Hall–Kier alpha value is -1.41. The van der Waals surface area contributed by atoms with E-state index in [1.807, 2.05) is 31.9 Å². The normalized spacial score (nSPS) is 27.6. The van der Waals surface area contributed by atoms with E-state index in [9.17, 15) is 14.7 Å². The Morgan fingerprint density at radius 2 is 2.25 bits per heavy atom. The number of carboxylic acid groups (broad SMARTS) is 1. The Kier molecular flexibility index (Phi) is 4.24. The number of nitrogens with one attached hydrogen (secondary N) is 1. The van der Waals surface area contributed by atoms with Crippen LogP contribution in [0.1, 0.15) is 32.9 Å². The van der Waals surface area contributed by atoms with Crippen LogP contribution in [0.5, 0.6) is 0 Å². The summed E-state index contributed by atoms with van der Waals surface area (Å²) < 4.78 is -1.45. The first-order valence-electron chi connectivity index (χ1n) is 7.73. The van der Waals surface area contributed by atoms with Crippen molar-refractivity contribution in [2.24, 2.45) is 0 Å². The number of rotatable bonds is 3. The number of H-pyrrole nitrogens is 1. The lowest BCUT2D eigenvalue weighted by Gasteiger charge is -2.40. The van der Waals surface area contributed by atoms with E-state index >= 15 is 0 Å². The van der Waals surface area contributed by atoms with Crippen LogP contribution in [0, 0.1) is 0 Å². The number of aromatic nitrogens is 2. The molecule has 2 aliphatic rings. The van der Waals surface area contributed by atoms with Crippen molar-refractivity contribution in [1.29, 1.82) is 0 Å². The molecule has 2 atom stereocenters. The first-order chi connectivity index (χ1) is 11.2. The van der Waals surface area contributed by atoms with Gasteiger partial charge in [-0.3, -0.25) is 9.89 Å². The SMILES string of the molecule is CSC1SC(C(=O)O)(c2ccn[nH]2)C2=C1C(=O)N(C(C)(C)C)CC2. The predicted molar refractivity (Wildman–Crippen MR) is 95.9 cm³/mol. The highest BCUT2D eigenvalue weighted by Crippen LogP contribution is 2.59. The van der Waals surface area contributed by atoms with Crippen molar-refractivity contribution in [1.82, 2.24) is 15.1 Å². The third-order valence-electron chi connectivity index (χ3n) is 4.54. The van der Waals surface area contributed by atoms with Crippen LogP contribution >= 0.6 is 23.5 Å². The van der Waals surface area contributed by atoms with Gasteiger partial charge in [0.2, 0.25) is 0 Å². The second-order valence-electron chi connectivity index (χ2n) is 6.91. The number of hydrogen-bond donors (Lipinski definition) is 2. The molecule has 6 nitrogen and oxygen atoms in total. The topological polar surface area (TPSA) is 86.3 Å². The predicted octanol–water partition coefficient (Wildman–Crippen LogP) is 2.45. The number of amides is 1. The zero-order chi connectivity index (χ0) is 17.7. The Labute approximate surface area is 149 Å². The molecule has 0 aliphatic carbocycles. The van der Waals surface area contributed by atoms with Gasteiger partial charge in [0.05, 0.1) is 10.3 Å². The van der Waals surface area contributed by atoms with E-state index in [0.29, 0.717) is 29.8 Å². The van der Waals surface area contributed by atoms with E-state index in [-0.39, 0.29) is 16.0 Å². The van der Waals surface area contributed by atoms with Crippen LogP contribution in [-0.2, 0) is 14.3 Å². The fraction of sp³-hybridized carbons (Fsp3) is 0.562. The monoisotopic (exact) mass is 367 g/mol. The molecule has 130 valence electrons. The summed E-state index contributed by atoms with van der Waals surface area (Å²) in [7, 11) is 0. The largest absolute Gasteiger partial charge is 0.480 e. The zero-order valence-corrected chi connectivity index (χ0v) is 15.8. The van der Waals surface area contributed by atoms with Crippen LogP contribution in [0.15, 0.2) is 23.4 Å². The van der Waals surface area contributed by atoms with Gasteiger partial charge in [0.1, 0.15) is 0 Å². The number of hydrogen-bond acceptors (Lipinski definition) is 5. The minimum atomic E-state index is -1.25. The molecule has 0 saturated carbocycles. The molecule has 0 bridgehead atoms. The Balaban J connectivity index is 2.17. The molecular weight excluding hydrogens is 346 g/mol. The number of aromatic amines is 1. The second-order valence-corrected chi connectivity index (χ2v) is 9.47. The van der Waals surface area contributed by atoms with Crippen molar-refractivity contribution in [2.45, 2.75) is 42.1 Å². The van der Waals surface area contributed by atoms with Crippen LogP contribution in [0.3, 0.4) is 0 Å². The molecule has 0 spiro atoms. The van der Waals surface area contributed by atoms with Crippen molar-refractivity contribution in [2.75, 3.05) is 12.8 Å². The lowest BCUT2D eigenvalue weighted by Crippen LogP contribution is -2.50. The van der Waals surface area contributed by atoms with E-state index in [2.05, 4.69) is 10.2 Å². The van der Waals surface area contributed by atoms with Crippen molar-refractivity contribution in [3.8, 4) is 0 Å². The summed E-state index contributed by atoms with van der Waals surface area (Å²) in [4.78, 5) is 27.3. The molecule has 1 amide bonds. The summed E-state index contributed by atoms with van der Waals surface area (Å²) in [6, 6.07) is 1.69. The maximum absolute atomic E-state index is 13.1. The number of nitrogens with zero attached hydrogens (tertiary/aromatic N) is 2. The highest BCUT2D eigenvalue weighted by Gasteiger charge is 2.57. The minimum absolute atomic E-state index is 0.0433. The molecule has 24 heavy (non-hydrogen) atoms. The van der Waals surface area contributed by atoms with Crippen LogP contribution in [0.2, 0.25) is 0 Å². The number of thioether (sulfide) groups is 2. The maximum Gasteiger partial charge on any atom is 0.330 e. The average molecular weight is 367 g/mol. The van der Waals surface area contributed by atoms with E-state index in [1.165, 1.54) is 23.5 Å². The summed E-state index contributed by atoms with van der Waals surface area (Å²) in [6.07, 6.45) is 4.03. The number of carboxylic acids is 1. The summed E-state index contributed by atoms with van der Waals surface area (Å²) in [5, 5.41) is 16.8. The van der Waals surface area contributed by atoms with Crippen molar-refractivity contribution in [3.05, 3.63) is 29.1 Å². The molecule has 1 aromatic rings. The van der Waals surface area contributed by atoms with Gasteiger partial charge in [-0.2, -0.15) is 5.10 Å². The number of aliphatic carboxylic acids is 1. The summed E-state index contributed by atoms with van der Waals surface area (Å²) in [5.74, 6) is -0.990. The quantitative estimate of drug-likeness (QED) is 0.853. The van der Waals surface area contributed by atoms with Crippen molar-refractivity contribution in [3.63, 3.8) is 0 Å². The van der Waals surface area contributed by atoms with E-state index in [1.54, 1.807) is 12.3 Å². The van der Waals surface area contributed by atoms with Gasteiger partial charge in [-0.1, -0.05) is 0 Å². The minimum Gasteiger partial charge on any atom is -0.480 e. The average Bonchev–Trinajstić information content (AvgIpc) is 3.12. The Bertz CT molecular complexity index is 709. The smallest absolute Gasteiger partial charge is 0.330 e. The molecule has 0 radical (unpaired) electrons. The van der Waals surface area contributed by atoms with Crippen LogP contribution in [-0.4, -0.2) is 55.0 Å². The maximum atomic E-state index is 13.1. The molecule has 0 fully saturated rings. The molecule has 0 saturated heterocycles. The van der Waals surface area contributed by atoms with Gasteiger partial charge >= 0.3 is 5.97 Å². The summed E-state index contributed by atoms with van der Waals surface area (Å²) >= 11 is 2.83. The van der Waals surface area contributed by atoms with Crippen LogP contribution in [0.25, 0.3) is 0 Å². The van der Waals surface area contributed by atoms with Gasteiger partial charge in [-0.05, 0) is 45.1 Å². The van der Waals surface area contributed by atoms with Gasteiger partial charge < -0.3 is 10.0 Å². The zero-order valence-electron chi connectivity index (χ0n) is 14.1. The second kappa shape index (κ2) is 5.84. The number of carbonyl (C=O) groups excluding carboxylic acids is 1. The Morgan fingerprint density at radius 3 is 2.75 bits per heavy atom. The molecule has 2 aliphatic heterocycles. The van der Waals surface area contributed by atoms with Gasteiger partial charge in [0.15, 0.2) is 4.75 Å². The molecule has 0 aromatic carbocycles. The molecule has 3 rings (SSSR count). The molecular formula is C16H21N3O3S2. The standard InChI is InChI=1S/C16H21N3O3S2/c1-15(2,3)19-8-6-9-11(12(19)20)13(23-4)24-16(9,14(21)22)10-5-7-17-18-10/h5,7,13H,6,8H2,1-4H3,(H,17,18)(H,21,22). The third-order valence-corrected chi connectivity index (χ3v) is 7.51. The van der Waals surface area contributed by atoms with Crippen molar-refractivity contribution >= 4 is 35.4 Å². The lowest BCUT2D eigenvalue weighted by atomic mass is 9.85. The highest BCUT2D eigenvalue weighted by atomic mass is 32.2. The first-order valence-corrected chi connectivity index (χ1v) is 9.89.